The van der Waals surface area contributed by atoms with Crippen LogP contribution in [0.5, 0.6) is 5.75 Å². The lowest BCUT2D eigenvalue weighted by Crippen LogP contribution is -1.96. The molecular weight excluding hydrogens is 216 g/mol. The number of aromatic nitrogens is 2. The zero-order valence-corrected chi connectivity index (χ0v) is 9.86. The number of carbonyl (C=O) groups excluding carboxylic acids is 1. The van der Waals surface area contributed by atoms with Crippen LogP contribution in [0.3, 0.4) is 0 Å². The van der Waals surface area contributed by atoms with Crippen molar-refractivity contribution in [1.82, 2.24) is 10.2 Å². The summed E-state index contributed by atoms with van der Waals surface area (Å²) >= 11 is 0. The van der Waals surface area contributed by atoms with Crippen LogP contribution in [0.2, 0.25) is 0 Å². The molecular formula is C13H14N2O2. The lowest BCUT2D eigenvalue weighted by atomic mass is 10.0. The van der Waals surface area contributed by atoms with Crippen molar-refractivity contribution in [3.63, 3.8) is 0 Å². The Labute approximate surface area is 99.6 Å². The molecule has 17 heavy (non-hydrogen) atoms. The Kier molecular flexibility index (Phi) is 3.23. The predicted octanol–water partition coefficient (Wildman–Crippen LogP) is 2.60. The van der Waals surface area contributed by atoms with Gasteiger partial charge in [0.15, 0.2) is 6.29 Å². The number of aldehydes is 1. The molecule has 4 heteroatoms. The summed E-state index contributed by atoms with van der Waals surface area (Å²) in [5, 5.41) is 6.73. The van der Waals surface area contributed by atoms with Gasteiger partial charge in [0, 0.05) is 5.56 Å². The van der Waals surface area contributed by atoms with E-state index in [1.165, 1.54) is 6.20 Å². The maximum Gasteiger partial charge on any atom is 0.153 e. The first kappa shape index (κ1) is 11.4. The molecule has 0 aliphatic carbocycles. The summed E-state index contributed by atoms with van der Waals surface area (Å²) < 4.78 is 5.55. The van der Waals surface area contributed by atoms with E-state index in [0.717, 1.165) is 23.2 Å². The van der Waals surface area contributed by atoms with Crippen LogP contribution in [0.15, 0.2) is 24.4 Å². The number of hydrogen-bond donors (Lipinski definition) is 1. The van der Waals surface area contributed by atoms with Crippen molar-refractivity contribution >= 4 is 6.29 Å². The van der Waals surface area contributed by atoms with Crippen LogP contribution >= 0.6 is 0 Å². The molecule has 0 atom stereocenters. The Balaban J connectivity index is 2.56. The second-order valence-corrected chi connectivity index (χ2v) is 3.75. The predicted molar refractivity (Wildman–Crippen MR) is 65.3 cm³/mol. The van der Waals surface area contributed by atoms with E-state index >= 15 is 0 Å². The van der Waals surface area contributed by atoms with Crippen LogP contribution in [0.4, 0.5) is 0 Å². The summed E-state index contributed by atoms with van der Waals surface area (Å²) in [6, 6.07) is 5.86. The largest absolute Gasteiger partial charge is 0.493 e. The minimum absolute atomic E-state index is 0.538. The van der Waals surface area contributed by atoms with Gasteiger partial charge in [0.05, 0.1) is 24.1 Å². The molecule has 0 bridgehead atoms. The number of aryl methyl sites for hydroxylation is 1. The third-order valence-electron chi connectivity index (χ3n) is 2.50. The standard InChI is InChI=1S/C13H14N2O2/c1-3-17-12-5-4-9(2)6-11(12)13-10(8-16)7-14-15-13/h4-8H,3H2,1-2H3,(H,14,15). The second kappa shape index (κ2) is 4.82. The molecule has 0 aliphatic heterocycles. The van der Waals surface area contributed by atoms with Crippen molar-refractivity contribution < 1.29 is 9.53 Å². The van der Waals surface area contributed by atoms with Crippen molar-refractivity contribution in [2.45, 2.75) is 13.8 Å². The highest BCUT2D eigenvalue weighted by Crippen LogP contribution is 2.31. The van der Waals surface area contributed by atoms with E-state index in [1.807, 2.05) is 32.0 Å². The van der Waals surface area contributed by atoms with E-state index in [-0.39, 0.29) is 0 Å². The number of carbonyl (C=O) groups is 1. The van der Waals surface area contributed by atoms with E-state index < -0.39 is 0 Å². The number of nitrogens with zero attached hydrogens (tertiary/aromatic N) is 1. The van der Waals surface area contributed by atoms with Crippen LogP contribution in [-0.4, -0.2) is 23.1 Å². The number of rotatable bonds is 4. The molecule has 1 N–H and O–H groups in total. The summed E-state index contributed by atoms with van der Waals surface area (Å²) in [7, 11) is 0. The lowest BCUT2D eigenvalue weighted by molar-refractivity contribution is 0.112. The topological polar surface area (TPSA) is 55.0 Å². The summed E-state index contributed by atoms with van der Waals surface area (Å²) in [5.74, 6) is 0.755. The van der Waals surface area contributed by atoms with Crippen LogP contribution in [-0.2, 0) is 0 Å². The number of ether oxygens (including phenoxy) is 1. The minimum Gasteiger partial charge on any atom is -0.493 e. The second-order valence-electron chi connectivity index (χ2n) is 3.75. The Morgan fingerprint density at radius 2 is 2.29 bits per heavy atom. The van der Waals surface area contributed by atoms with Gasteiger partial charge in [-0.1, -0.05) is 11.6 Å². The van der Waals surface area contributed by atoms with Gasteiger partial charge in [0.1, 0.15) is 5.75 Å². The fraction of sp³-hybridized carbons (Fsp3) is 0.231. The third kappa shape index (κ3) is 2.20. The molecule has 1 heterocycles. The van der Waals surface area contributed by atoms with Gasteiger partial charge in [-0.25, -0.2) is 0 Å². The summed E-state index contributed by atoms with van der Waals surface area (Å²) in [6.45, 7) is 4.51. The monoisotopic (exact) mass is 230 g/mol. The van der Waals surface area contributed by atoms with E-state index in [4.69, 9.17) is 4.74 Å². The van der Waals surface area contributed by atoms with Gasteiger partial charge in [0.2, 0.25) is 0 Å². The number of nitrogens with one attached hydrogen (secondary N) is 1. The molecule has 0 amide bonds. The first-order valence-electron chi connectivity index (χ1n) is 5.48. The third-order valence-corrected chi connectivity index (χ3v) is 2.50. The quantitative estimate of drug-likeness (QED) is 0.821. The summed E-state index contributed by atoms with van der Waals surface area (Å²) in [4.78, 5) is 10.9. The van der Waals surface area contributed by atoms with Gasteiger partial charge >= 0.3 is 0 Å². The first-order valence-corrected chi connectivity index (χ1v) is 5.48. The van der Waals surface area contributed by atoms with Gasteiger partial charge < -0.3 is 4.74 Å². The molecule has 4 nitrogen and oxygen atoms in total. The van der Waals surface area contributed by atoms with Crippen LogP contribution in [0.1, 0.15) is 22.8 Å². The van der Waals surface area contributed by atoms with Crippen molar-refractivity contribution in [3.8, 4) is 17.0 Å². The average Bonchev–Trinajstić information content (AvgIpc) is 2.79. The Morgan fingerprint density at radius 3 is 3.00 bits per heavy atom. The van der Waals surface area contributed by atoms with Gasteiger partial charge in [-0.05, 0) is 26.0 Å². The molecule has 88 valence electrons. The molecule has 0 fully saturated rings. The van der Waals surface area contributed by atoms with Gasteiger partial charge in [-0.3, -0.25) is 9.89 Å². The smallest absolute Gasteiger partial charge is 0.153 e. The van der Waals surface area contributed by atoms with Crippen molar-refractivity contribution in [2.75, 3.05) is 6.61 Å². The zero-order chi connectivity index (χ0) is 12.3. The molecule has 0 aliphatic rings. The van der Waals surface area contributed by atoms with Gasteiger partial charge in [0.25, 0.3) is 0 Å². The maximum atomic E-state index is 10.9. The van der Waals surface area contributed by atoms with Crippen LogP contribution in [0, 0.1) is 6.92 Å². The summed E-state index contributed by atoms with van der Waals surface area (Å²) in [6.07, 6.45) is 2.30. The molecule has 2 rings (SSSR count). The molecule has 0 saturated heterocycles. The van der Waals surface area contributed by atoms with Crippen molar-refractivity contribution in [3.05, 3.63) is 35.5 Å². The van der Waals surface area contributed by atoms with E-state index in [2.05, 4.69) is 10.2 Å². The van der Waals surface area contributed by atoms with Crippen LogP contribution < -0.4 is 4.74 Å². The molecule has 1 aromatic heterocycles. The minimum atomic E-state index is 0.538. The van der Waals surface area contributed by atoms with E-state index in [0.29, 0.717) is 17.9 Å². The first-order chi connectivity index (χ1) is 8.26. The average molecular weight is 230 g/mol. The molecule has 2 aromatic rings. The fourth-order valence-corrected chi connectivity index (χ4v) is 1.72. The van der Waals surface area contributed by atoms with Crippen LogP contribution in [0.25, 0.3) is 11.3 Å². The number of aromatic amines is 1. The molecule has 0 radical (unpaired) electrons. The van der Waals surface area contributed by atoms with E-state index in [9.17, 15) is 4.79 Å². The molecule has 0 unspecified atom stereocenters. The number of hydrogen-bond acceptors (Lipinski definition) is 3. The SMILES string of the molecule is CCOc1ccc(C)cc1-c1[nH]ncc1C=O. The maximum absolute atomic E-state index is 10.9. The van der Waals surface area contributed by atoms with Crippen molar-refractivity contribution in [1.29, 1.82) is 0 Å². The Hall–Kier alpha value is -2.10. The lowest BCUT2D eigenvalue weighted by Gasteiger charge is -2.10. The fourth-order valence-electron chi connectivity index (χ4n) is 1.72. The highest BCUT2D eigenvalue weighted by molar-refractivity contribution is 5.87. The normalized spacial score (nSPS) is 10.2. The summed E-state index contributed by atoms with van der Waals surface area (Å²) in [5.41, 5.74) is 3.21. The Morgan fingerprint density at radius 1 is 1.47 bits per heavy atom. The highest BCUT2D eigenvalue weighted by Gasteiger charge is 2.12. The van der Waals surface area contributed by atoms with Gasteiger partial charge in [-0.15, -0.1) is 0 Å². The highest BCUT2D eigenvalue weighted by atomic mass is 16.5. The number of benzene rings is 1. The van der Waals surface area contributed by atoms with Gasteiger partial charge in [-0.2, -0.15) is 5.10 Å². The number of H-pyrrole nitrogens is 1. The van der Waals surface area contributed by atoms with Crippen molar-refractivity contribution in [2.24, 2.45) is 0 Å². The molecule has 0 saturated carbocycles. The van der Waals surface area contributed by atoms with E-state index in [1.54, 1.807) is 0 Å². The molecule has 1 aromatic carbocycles. The zero-order valence-electron chi connectivity index (χ0n) is 9.86. The Bertz CT molecular complexity index is 532. The molecule has 0 spiro atoms.